The Kier molecular flexibility index (Phi) is 5.86. The number of hydrogen-bond donors (Lipinski definition) is 1. The summed E-state index contributed by atoms with van der Waals surface area (Å²) in [7, 11) is 0. The van der Waals surface area contributed by atoms with Gasteiger partial charge in [0.05, 0.1) is 6.42 Å². The molecule has 2 amide bonds. The lowest BCUT2D eigenvalue weighted by atomic mass is 10.1. The van der Waals surface area contributed by atoms with Gasteiger partial charge in [-0.15, -0.1) is 0 Å². The van der Waals surface area contributed by atoms with Crippen molar-refractivity contribution in [2.45, 2.75) is 19.4 Å². The van der Waals surface area contributed by atoms with E-state index in [0.717, 1.165) is 11.1 Å². The second-order valence-corrected chi connectivity index (χ2v) is 5.32. The molecule has 2 rings (SSSR count). The highest BCUT2D eigenvalue weighted by Crippen LogP contribution is 2.10. The SMILES string of the molecule is NC(=O)CCN(Cc1ccccc1)C(=O)Cc1ccc(F)cc1. The molecule has 2 N–H and O–H groups in total. The van der Waals surface area contributed by atoms with Gasteiger partial charge in [0, 0.05) is 19.5 Å². The summed E-state index contributed by atoms with van der Waals surface area (Å²) in [5, 5.41) is 0. The molecular formula is C18H19FN2O2. The van der Waals surface area contributed by atoms with Gasteiger partial charge in [0.1, 0.15) is 5.82 Å². The Morgan fingerprint density at radius 3 is 2.22 bits per heavy atom. The van der Waals surface area contributed by atoms with Gasteiger partial charge in [0.15, 0.2) is 0 Å². The molecule has 0 fully saturated rings. The molecule has 0 aliphatic rings. The molecule has 0 atom stereocenters. The zero-order chi connectivity index (χ0) is 16.7. The maximum Gasteiger partial charge on any atom is 0.227 e. The minimum absolute atomic E-state index is 0.113. The zero-order valence-electron chi connectivity index (χ0n) is 12.7. The van der Waals surface area contributed by atoms with Crippen LogP contribution >= 0.6 is 0 Å². The van der Waals surface area contributed by atoms with Crippen molar-refractivity contribution in [3.05, 3.63) is 71.5 Å². The first-order chi connectivity index (χ1) is 11.0. The second-order valence-electron chi connectivity index (χ2n) is 5.32. The van der Waals surface area contributed by atoms with Gasteiger partial charge in [0.2, 0.25) is 11.8 Å². The summed E-state index contributed by atoms with van der Waals surface area (Å²) in [6.45, 7) is 0.679. The summed E-state index contributed by atoms with van der Waals surface area (Å²) in [5.41, 5.74) is 6.89. The molecule has 0 aliphatic heterocycles. The van der Waals surface area contributed by atoms with Crippen molar-refractivity contribution in [1.82, 2.24) is 4.90 Å². The van der Waals surface area contributed by atoms with E-state index >= 15 is 0 Å². The van der Waals surface area contributed by atoms with Crippen LogP contribution < -0.4 is 5.73 Å². The van der Waals surface area contributed by atoms with Crippen LogP contribution in [0, 0.1) is 5.82 Å². The van der Waals surface area contributed by atoms with Gasteiger partial charge < -0.3 is 10.6 Å². The van der Waals surface area contributed by atoms with E-state index < -0.39 is 5.91 Å². The van der Waals surface area contributed by atoms with Crippen LogP contribution in [-0.4, -0.2) is 23.3 Å². The van der Waals surface area contributed by atoms with Crippen LogP contribution in [0.1, 0.15) is 17.5 Å². The van der Waals surface area contributed by atoms with E-state index in [1.165, 1.54) is 12.1 Å². The Labute approximate surface area is 134 Å². The van der Waals surface area contributed by atoms with E-state index in [2.05, 4.69) is 0 Å². The van der Waals surface area contributed by atoms with Gasteiger partial charge in [-0.2, -0.15) is 0 Å². The van der Waals surface area contributed by atoms with E-state index in [-0.39, 0.29) is 31.1 Å². The Balaban J connectivity index is 2.06. The number of nitrogens with two attached hydrogens (primary N) is 1. The molecule has 4 nitrogen and oxygen atoms in total. The van der Waals surface area contributed by atoms with Crippen LogP contribution in [0.3, 0.4) is 0 Å². The number of hydrogen-bond acceptors (Lipinski definition) is 2. The molecular weight excluding hydrogens is 295 g/mol. The van der Waals surface area contributed by atoms with Crippen molar-refractivity contribution in [1.29, 1.82) is 0 Å². The zero-order valence-corrected chi connectivity index (χ0v) is 12.7. The number of carbonyl (C=O) groups excluding carboxylic acids is 2. The molecule has 0 unspecified atom stereocenters. The predicted octanol–water partition coefficient (Wildman–Crippen LogP) is 2.27. The minimum Gasteiger partial charge on any atom is -0.370 e. The topological polar surface area (TPSA) is 63.4 Å². The van der Waals surface area contributed by atoms with E-state index in [1.807, 2.05) is 30.3 Å². The average molecular weight is 314 g/mol. The van der Waals surface area contributed by atoms with Crippen LogP contribution in [0.2, 0.25) is 0 Å². The lowest BCUT2D eigenvalue weighted by molar-refractivity contribution is -0.131. The lowest BCUT2D eigenvalue weighted by Gasteiger charge is -2.22. The molecule has 0 saturated carbocycles. The van der Waals surface area contributed by atoms with Crippen LogP contribution in [0.5, 0.6) is 0 Å². The minimum atomic E-state index is -0.447. The van der Waals surface area contributed by atoms with Crippen LogP contribution in [-0.2, 0) is 22.6 Å². The molecule has 5 heteroatoms. The van der Waals surface area contributed by atoms with Crippen molar-refractivity contribution in [3.63, 3.8) is 0 Å². The van der Waals surface area contributed by atoms with Crippen molar-refractivity contribution in [2.24, 2.45) is 5.73 Å². The van der Waals surface area contributed by atoms with Crippen molar-refractivity contribution < 1.29 is 14.0 Å². The fraction of sp³-hybridized carbons (Fsp3) is 0.222. The van der Waals surface area contributed by atoms with Gasteiger partial charge in [-0.1, -0.05) is 42.5 Å². The second kappa shape index (κ2) is 8.08. The summed E-state index contributed by atoms with van der Waals surface area (Å²) in [6.07, 6.45) is 0.272. The summed E-state index contributed by atoms with van der Waals surface area (Å²) in [6, 6.07) is 15.4. The normalized spacial score (nSPS) is 10.3. The monoisotopic (exact) mass is 314 g/mol. The molecule has 23 heavy (non-hydrogen) atoms. The maximum absolute atomic E-state index is 12.9. The molecule has 0 bridgehead atoms. The van der Waals surface area contributed by atoms with E-state index in [1.54, 1.807) is 17.0 Å². The van der Waals surface area contributed by atoms with Gasteiger partial charge >= 0.3 is 0 Å². The highest BCUT2D eigenvalue weighted by Gasteiger charge is 2.15. The number of nitrogens with zero attached hydrogens (tertiary/aromatic N) is 1. The number of amides is 2. The molecule has 2 aromatic carbocycles. The van der Waals surface area contributed by atoms with Gasteiger partial charge in [-0.25, -0.2) is 4.39 Å². The van der Waals surface area contributed by atoms with Crippen LogP contribution in [0.4, 0.5) is 4.39 Å². The highest BCUT2D eigenvalue weighted by atomic mass is 19.1. The third kappa shape index (κ3) is 5.54. The summed E-state index contributed by atoms with van der Waals surface area (Å²) >= 11 is 0. The fourth-order valence-corrected chi connectivity index (χ4v) is 2.23. The van der Waals surface area contributed by atoms with Crippen LogP contribution in [0.15, 0.2) is 54.6 Å². The largest absolute Gasteiger partial charge is 0.370 e. The Morgan fingerprint density at radius 2 is 1.61 bits per heavy atom. The molecule has 0 aliphatic carbocycles. The molecule has 0 radical (unpaired) electrons. The number of rotatable bonds is 7. The summed E-state index contributed by atoms with van der Waals surface area (Å²) in [4.78, 5) is 25.1. The Morgan fingerprint density at radius 1 is 0.957 bits per heavy atom. The first kappa shape index (κ1) is 16.7. The lowest BCUT2D eigenvalue weighted by Crippen LogP contribution is -2.34. The van der Waals surface area contributed by atoms with Gasteiger partial charge in [-0.3, -0.25) is 9.59 Å². The van der Waals surface area contributed by atoms with Crippen molar-refractivity contribution in [2.75, 3.05) is 6.54 Å². The number of primary amides is 1. The highest BCUT2D eigenvalue weighted by molar-refractivity contribution is 5.80. The first-order valence-electron chi connectivity index (χ1n) is 7.39. The number of carbonyl (C=O) groups is 2. The van der Waals surface area contributed by atoms with Crippen LogP contribution in [0.25, 0.3) is 0 Å². The summed E-state index contributed by atoms with van der Waals surface area (Å²) < 4.78 is 12.9. The number of benzene rings is 2. The average Bonchev–Trinajstić information content (AvgIpc) is 2.54. The Bertz CT molecular complexity index is 656. The standard InChI is InChI=1S/C18H19FN2O2/c19-16-8-6-14(7-9-16)12-18(23)21(11-10-17(20)22)13-15-4-2-1-3-5-15/h1-9H,10-13H2,(H2,20,22). The van der Waals surface area contributed by atoms with E-state index in [0.29, 0.717) is 6.54 Å². The molecule has 0 saturated heterocycles. The van der Waals surface area contributed by atoms with E-state index in [4.69, 9.17) is 5.73 Å². The molecule has 2 aromatic rings. The third-order valence-corrected chi connectivity index (χ3v) is 3.47. The molecule has 0 spiro atoms. The van der Waals surface area contributed by atoms with E-state index in [9.17, 15) is 14.0 Å². The molecule has 0 aromatic heterocycles. The van der Waals surface area contributed by atoms with Crippen molar-refractivity contribution in [3.8, 4) is 0 Å². The fourth-order valence-electron chi connectivity index (χ4n) is 2.23. The van der Waals surface area contributed by atoms with Gasteiger partial charge in [0.25, 0.3) is 0 Å². The third-order valence-electron chi connectivity index (χ3n) is 3.47. The quantitative estimate of drug-likeness (QED) is 0.852. The smallest absolute Gasteiger partial charge is 0.227 e. The number of halogens is 1. The Hall–Kier alpha value is -2.69. The molecule has 0 heterocycles. The predicted molar refractivity (Wildman–Crippen MR) is 85.8 cm³/mol. The summed E-state index contributed by atoms with van der Waals surface area (Å²) in [5.74, 6) is -0.907. The van der Waals surface area contributed by atoms with Gasteiger partial charge in [-0.05, 0) is 23.3 Å². The maximum atomic E-state index is 12.9. The first-order valence-corrected chi connectivity index (χ1v) is 7.39. The van der Waals surface area contributed by atoms with Crippen molar-refractivity contribution >= 4 is 11.8 Å². The molecule has 120 valence electrons.